The Morgan fingerprint density at radius 1 is 1.44 bits per heavy atom. The van der Waals surface area contributed by atoms with E-state index in [1.165, 1.54) is 6.26 Å². The van der Waals surface area contributed by atoms with E-state index in [1.54, 1.807) is 4.68 Å². The van der Waals surface area contributed by atoms with Gasteiger partial charge in [0, 0.05) is 18.8 Å². The summed E-state index contributed by atoms with van der Waals surface area (Å²) >= 11 is 0. The van der Waals surface area contributed by atoms with Crippen LogP contribution in [0.5, 0.6) is 0 Å². The summed E-state index contributed by atoms with van der Waals surface area (Å²) in [5, 5.41) is 11.2. The van der Waals surface area contributed by atoms with E-state index >= 15 is 0 Å². The normalized spacial score (nSPS) is 14.7. The first-order chi connectivity index (χ1) is 8.08. The third-order valence-corrected chi connectivity index (χ3v) is 3.52. The quantitative estimate of drug-likeness (QED) is 0.849. The van der Waals surface area contributed by atoms with Gasteiger partial charge in [-0.3, -0.25) is 0 Å². The van der Waals surface area contributed by atoms with Gasteiger partial charge in [0.25, 0.3) is 0 Å². The molecule has 1 rings (SSSR count). The molecule has 1 heterocycles. The zero-order valence-corrected chi connectivity index (χ0v) is 12.5. The molecule has 0 radical (unpaired) electrons. The van der Waals surface area contributed by atoms with Crippen molar-refractivity contribution in [2.45, 2.75) is 45.8 Å². The molecular weight excluding hydrogens is 252 g/mol. The van der Waals surface area contributed by atoms with E-state index in [9.17, 15) is 8.42 Å². The lowest BCUT2D eigenvalue weighted by molar-refractivity contribution is 0.347. The Bertz CT molecular complexity index is 487. The van der Waals surface area contributed by atoms with Gasteiger partial charge < -0.3 is 5.32 Å². The number of nitrogens with zero attached hydrogens (tertiary/aromatic N) is 3. The summed E-state index contributed by atoms with van der Waals surface area (Å²) in [6.45, 7) is 8.50. The third-order valence-electron chi connectivity index (χ3n) is 2.41. The molecular formula is C11H22N4O2S. The fourth-order valence-electron chi connectivity index (χ4n) is 1.50. The molecule has 0 amide bonds. The van der Waals surface area contributed by atoms with Gasteiger partial charge in [0.1, 0.15) is 9.84 Å². The van der Waals surface area contributed by atoms with Crippen molar-refractivity contribution in [2.75, 3.05) is 12.0 Å². The van der Waals surface area contributed by atoms with Crippen molar-refractivity contribution in [3.63, 3.8) is 0 Å². The smallest absolute Gasteiger partial charge is 0.148 e. The minimum Gasteiger partial charge on any atom is -0.308 e. The summed E-state index contributed by atoms with van der Waals surface area (Å²) in [7, 11) is -2.95. The van der Waals surface area contributed by atoms with Crippen molar-refractivity contribution in [1.82, 2.24) is 20.3 Å². The number of rotatable bonds is 5. The summed E-state index contributed by atoms with van der Waals surface area (Å²) in [6.07, 6.45) is 3.11. The van der Waals surface area contributed by atoms with E-state index in [0.29, 0.717) is 6.54 Å². The van der Waals surface area contributed by atoms with Crippen molar-refractivity contribution in [1.29, 1.82) is 0 Å². The standard InChI is InChI=1S/C11H22N4O2S/c1-9(8-18(5,16)17)12-6-10-7-15(14-13-10)11(2,3)4/h7,9,12H,6,8H2,1-5H3. The molecule has 0 aliphatic carbocycles. The van der Waals surface area contributed by atoms with Gasteiger partial charge in [-0.25, -0.2) is 13.1 Å². The Hall–Kier alpha value is -0.950. The number of hydrogen-bond acceptors (Lipinski definition) is 5. The second-order valence-electron chi connectivity index (χ2n) is 5.70. The van der Waals surface area contributed by atoms with Crippen molar-refractivity contribution >= 4 is 9.84 Å². The molecule has 7 heteroatoms. The van der Waals surface area contributed by atoms with E-state index in [0.717, 1.165) is 5.69 Å². The monoisotopic (exact) mass is 274 g/mol. The Balaban J connectivity index is 2.52. The Labute approximate surface area is 109 Å². The van der Waals surface area contributed by atoms with E-state index in [2.05, 4.69) is 15.6 Å². The van der Waals surface area contributed by atoms with Crippen molar-refractivity contribution < 1.29 is 8.42 Å². The predicted octanol–water partition coefficient (Wildman–Crippen LogP) is 0.556. The number of sulfone groups is 1. The fraction of sp³-hybridized carbons (Fsp3) is 0.818. The van der Waals surface area contributed by atoms with E-state index in [1.807, 2.05) is 33.9 Å². The minimum absolute atomic E-state index is 0.0936. The molecule has 104 valence electrons. The lowest BCUT2D eigenvalue weighted by atomic mass is 10.1. The van der Waals surface area contributed by atoms with Crippen LogP contribution in [0, 0.1) is 0 Å². The van der Waals surface area contributed by atoms with Crippen LogP contribution in [0.4, 0.5) is 0 Å². The van der Waals surface area contributed by atoms with Gasteiger partial charge in [0.2, 0.25) is 0 Å². The molecule has 0 aliphatic rings. The largest absolute Gasteiger partial charge is 0.308 e. The summed E-state index contributed by atoms with van der Waals surface area (Å²) in [4.78, 5) is 0. The number of nitrogens with one attached hydrogen (secondary N) is 1. The third kappa shape index (κ3) is 5.14. The summed E-state index contributed by atoms with van der Waals surface area (Å²) in [5.41, 5.74) is 0.717. The summed E-state index contributed by atoms with van der Waals surface area (Å²) < 4.78 is 24.0. The van der Waals surface area contributed by atoms with Gasteiger partial charge in [-0.15, -0.1) is 5.10 Å². The van der Waals surface area contributed by atoms with Gasteiger partial charge >= 0.3 is 0 Å². The zero-order chi connectivity index (χ0) is 14.0. The molecule has 0 aliphatic heterocycles. The van der Waals surface area contributed by atoms with Crippen LogP contribution in [0.15, 0.2) is 6.20 Å². The molecule has 0 spiro atoms. The second-order valence-corrected chi connectivity index (χ2v) is 7.88. The summed E-state index contributed by atoms with van der Waals surface area (Å²) in [5.74, 6) is 0.125. The fourth-order valence-corrected chi connectivity index (χ4v) is 2.53. The maximum Gasteiger partial charge on any atom is 0.148 e. The molecule has 1 N–H and O–H groups in total. The Kier molecular flexibility index (Phi) is 4.50. The van der Waals surface area contributed by atoms with E-state index in [-0.39, 0.29) is 17.3 Å². The second kappa shape index (κ2) is 5.36. The highest BCUT2D eigenvalue weighted by molar-refractivity contribution is 7.90. The number of hydrogen-bond donors (Lipinski definition) is 1. The lowest BCUT2D eigenvalue weighted by Gasteiger charge is -2.17. The molecule has 6 nitrogen and oxygen atoms in total. The van der Waals surface area contributed by atoms with Gasteiger partial charge in [0.15, 0.2) is 0 Å². The first-order valence-electron chi connectivity index (χ1n) is 5.91. The zero-order valence-electron chi connectivity index (χ0n) is 11.6. The molecule has 1 unspecified atom stereocenters. The first kappa shape index (κ1) is 15.1. The van der Waals surface area contributed by atoms with E-state index in [4.69, 9.17) is 0 Å². The van der Waals surface area contributed by atoms with Crippen molar-refractivity contribution in [2.24, 2.45) is 0 Å². The Morgan fingerprint density at radius 3 is 2.50 bits per heavy atom. The minimum atomic E-state index is -2.95. The molecule has 0 fully saturated rings. The SMILES string of the molecule is CC(CS(C)(=O)=O)NCc1cn(C(C)(C)C)nn1. The molecule has 0 saturated carbocycles. The highest BCUT2D eigenvalue weighted by Gasteiger charge is 2.15. The molecule has 18 heavy (non-hydrogen) atoms. The van der Waals surface area contributed by atoms with Crippen LogP contribution in [-0.4, -0.2) is 41.5 Å². The van der Waals surface area contributed by atoms with Gasteiger partial charge in [-0.05, 0) is 27.7 Å². The van der Waals surface area contributed by atoms with Crippen molar-refractivity contribution in [3.05, 3.63) is 11.9 Å². The molecule has 1 aromatic rings. The molecule has 0 bridgehead atoms. The van der Waals surface area contributed by atoms with Crippen LogP contribution in [0.3, 0.4) is 0 Å². The van der Waals surface area contributed by atoms with Crippen LogP contribution >= 0.6 is 0 Å². The van der Waals surface area contributed by atoms with Crippen LogP contribution in [-0.2, 0) is 21.9 Å². The topological polar surface area (TPSA) is 76.9 Å². The average Bonchev–Trinajstić information content (AvgIpc) is 2.59. The maximum absolute atomic E-state index is 11.1. The van der Waals surface area contributed by atoms with Crippen LogP contribution in [0.1, 0.15) is 33.4 Å². The lowest BCUT2D eigenvalue weighted by Crippen LogP contribution is -2.32. The predicted molar refractivity (Wildman–Crippen MR) is 71.0 cm³/mol. The highest BCUT2D eigenvalue weighted by Crippen LogP contribution is 2.11. The van der Waals surface area contributed by atoms with Gasteiger partial charge in [0.05, 0.1) is 23.2 Å². The average molecular weight is 274 g/mol. The Morgan fingerprint density at radius 2 is 2.06 bits per heavy atom. The number of aromatic nitrogens is 3. The van der Waals surface area contributed by atoms with Gasteiger partial charge in [-0.2, -0.15) is 0 Å². The maximum atomic E-state index is 11.1. The van der Waals surface area contributed by atoms with Crippen LogP contribution in [0.2, 0.25) is 0 Å². The molecule has 1 aromatic heterocycles. The van der Waals surface area contributed by atoms with Crippen LogP contribution < -0.4 is 5.32 Å². The van der Waals surface area contributed by atoms with Crippen LogP contribution in [0.25, 0.3) is 0 Å². The highest BCUT2D eigenvalue weighted by atomic mass is 32.2. The first-order valence-corrected chi connectivity index (χ1v) is 7.97. The van der Waals surface area contributed by atoms with Gasteiger partial charge in [-0.1, -0.05) is 5.21 Å². The molecule has 0 saturated heterocycles. The van der Waals surface area contributed by atoms with Crippen molar-refractivity contribution in [3.8, 4) is 0 Å². The molecule has 0 aromatic carbocycles. The molecule has 1 atom stereocenters. The summed E-state index contributed by atoms with van der Waals surface area (Å²) in [6, 6.07) is -0.0974. The van der Waals surface area contributed by atoms with E-state index < -0.39 is 9.84 Å².